The van der Waals surface area contributed by atoms with E-state index in [4.69, 9.17) is 31.2 Å². The molecule has 39 heavy (non-hydrogen) atoms. The van der Waals surface area contributed by atoms with E-state index in [0.717, 1.165) is 0 Å². The van der Waals surface area contributed by atoms with Crippen molar-refractivity contribution in [3.8, 4) is 0 Å². The standard InChI is InChI=1S/C29H28N2O7S/c1-31(2)29(39)30-25-24(38-28(34)21-16-10-5-11-17-21)23(37-27(33)20-14-8-4-9-15-20)22(36-25)18-35-26(32)19-12-6-3-7-13-19/h3-17,22-25H,18H2,1-2H3,(H,30,39)/t22-,23+,24-,25-/m1/s1. The van der Waals surface area contributed by atoms with Gasteiger partial charge >= 0.3 is 17.9 Å². The Hall–Kier alpha value is -4.28. The number of hydrogen-bond donors (Lipinski definition) is 1. The van der Waals surface area contributed by atoms with Crippen molar-refractivity contribution in [1.29, 1.82) is 0 Å². The van der Waals surface area contributed by atoms with Crippen molar-refractivity contribution in [3.63, 3.8) is 0 Å². The predicted octanol–water partition coefficient (Wildman–Crippen LogP) is 3.46. The summed E-state index contributed by atoms with van der Waals surface area (Å²) in [5.74, 6) is -1.87. The minimum absolute atomic E-state index is 0.271. The molecule has 202 valence electrons. The third-order valence-electron chi connectivity index (χ3n) is 5.88. The molecule has 1 heterocycles. The molecule has 1 N–H and O–H groups in total. The number of carbonyl (C=O) groups excluding carboxylic acids is 3. The van der Waals surface area contributed by atoms with Gasteiger partial charge in [-0.25, -0.2) is 14.4 Å². The molecule has 0 spiro atoms. The fourth-order valence-corrected chi connectivity index (χ4v) is 3.96. The molecule has 1 fully saturated rings. The lowest BCUT2D eigenvalue weighted by atomic mass is 10.1. The van der Waals surface area contributed by atoms with Gasteiger partial charge in [0.15, 0.2) is 23.5 Å². The van der Waals surface area contributed by atoms with E-state index in [1.54, 1.807) is 110 Å². The van der Waals surface area contributed by atoms with E-state index in [2.05, 4.69) is 5.32 Å². The van der Waals surface area contributed by atoms with Crippen LogP contribution in [0.15, 0.2) is 91.0 Å². The molecule has 1 aliphatic heterocycles. The van der Waals surface area contributed by atoms with Crippen molar-refractivity contribution in [2.24, 2.45) is 0 Å². The summed E-state index contributed by atoms with van der Waals surface area (Å²) in [6.07, 6.45) is -4.22. The van der Waals surface area contributed by atoms with Gasteiger partial charge in [0.2, 0.25) is 0 Å². The van der Waals surface area contributed by atoms with Crippen molar-refractivity contribution >= 4 is 35.2 Å². The Labute approximate surface area is 231 Å². The molecule has 4 rings (SSSR count). The second-order valence-corrected chi connectivity index (χ2v) is 9.26. The van der Waals surface area contributed by atoms with Crippen LogP contribution in [0.25, 0.3) is 0 Å². The fourth-order valence-electron chi connectivity index (χ4n) is 3.85. The molecule has 1 saturated heterocycles. The quantitative estimate of drug-likeness (QED) is 0.256. The van der Waals surface area contributed by atoms with E-state index in [0.29, 0.717) is 21.8 Å². The van der Waals surface area contributed by atoms with Gasteiger partial charge in [-0.3, -0.25) is 0 Å². The van der Waals surface area contributed by atoms with Gasteiger partial charge in [-0.05, 0) is 48.6 Å². The van der Waals surface area contributed by atoms with Crippen molar-refractivity contribution in [3.05, 3.63) is 108 Å². The summed E-state index contributed by atoms with van der Waals surface area (Å²) in [6.45, 7) is -0.271. The number of carbonyl (C=O) groups is 3. The Kier molecular flexibility index (Phi) is 9.24. The maximum Gasteiger partial charge on any atom is 0.338 e. The van der Waals surface area contributed by atoms with Crippen LogP contribution in [-0.4, -0.2) is 73.2 Å². The summed E-state index contributed by atoms with van der Waals surface area (Å²) in [5, 5.41) is 3.31. The summed E-state index contributed by atoms with van der Waals surface area (Å²) >= 11 is 5.39. The van der Waals surface area contributed by atoms with E-state index in [9.17, 15) is 14.4 Å². The maximum atomic E-state index is 13.1. The number of esters is 3. The lowest BCUT2D eigenvalue weighted by Gasteiger charge is -2.26. The van der Waals surface area contributed by atoms with E-state index >= 15 is 0 Å². The Morgan fingerprint density at radius 1 is 0.744 bits per heavy atom. The van der Waals surface area contributed by atoms with Crippen LogP contribution in [0.5, 0.6) is 0 Å². The minimum Gasteiger partial charge on any atom is -0.459 e. The molecule has 4 atom stereocenters. The van der Waals surface area contributed by atoms with E-state index in [1.165, 1.54) is 0 Å². The molecule has 1 aliphatic rings. The monoisotopic (exact) mass is 548 g/mol. The molecular formula is C29H28N2O7S. The average molecular weight is 549 g/mol. The fraction of sp³-hybridized carbons (Fsp3) is 0.241. The number of nitrogens with zero attached hydrogens (tertiary/aromatic N) is 1. The topological polar surface area (TPSA) is 103 Å². The van der Waals surface area contributed by atoms with Gasteiger partial charge in [0.05, 0.1) is 16.7 Å². The van der Waals surface area contributed by atoms with Crippen LogP contribution in [0.3, 0.4) is 0 Å². The molecule has 3 aromatic rings. The van der Waals surface area contributed by atoms with Gasteiger partial charge in [0, 0.05) is 14.1 Å². The first kappa shape index (κ1) is 27.7. The van der Waals surface area contributed by atoms with Gasteiger partial charge in [0.25, 0.3) is 0 Å². The van der Waals surface area contributed by atoms with Gasteiger partial charge in [0.1, 0.15) is 12.7 Å². The molecule has 0 radical (unpaired) electrons. The van der Waals surface area contributed by atoms with Crippen LogP contribution in [0, 0.1) is 0 Å². The van der Waals surface area contributed by atoms with Gasteiger partial charge in [-0.2, -0.15) is 0 Å². The number of ether oxygens (including phenoxy) is 4. The molecule has 0 bridgehead atoms. The second kappa shape index (κ2) is 13.0. The Bertz CT molecular complexity index is 1290. The van der Waals surface area contributed by atoms with Crippen LogP contribution in [0.4, 0.5) is 0 Å². The predicted molar refractivity (Wildman–Crippen MR) is 146 cm³/mol. The van der Waals surface area contributed by atoms with E-state index in [-0.39, 0.29) is 6.61 Å². The molecule has 0 aromatic heterocycles. The number of thiocarbonyl (C=S) groups is 1. The smallest absolute Gasteiger partial charge is 0.338 e. The zero-order valence-electron chi connectivity index (χ0n) is 21.4. The summed E-state index contributed by atoms with van der Waals surface area (Å²) in [5.41, 5.74) is 0.952. The van der Waals surface area contributed by atoms with Crippen molar-refractivity contribution in [2.75, 3.05) is 20.7 Å². The second-order valence-electron chi connectivity index (χ2n) is 8.88. The first-order chi connectivity index (χ1) is 18.8. The Morgan fingerprint density at radius 2 is 1.18 bits per heavy atom. The summed E-state index contributed by atoms with van der Waals surface area (Å²) in [4.78, 5) is 40.4. The maximum absolute atomic E-state index is 13.1. The lowest BCUT2D eigenvalue weighted by molar-refractivity contribution is -0.0457. The lowest BCUT2D eigenvalue weighted by Crippen LogP contribution is -2.49. The normalized spacial score (nSPS) is 19.9. The van der Waals surface area contributed by atoms with Crippen molar-refractivity contribution in [2.45, 2.75) is 24.5 Å². The van der Waals surface area contributed by atoms with Crippen LogP contribution in [0.2, 0.25) is 0 Å². The SMILES string of the molecule is CN(C)C(=S)N[C@@H]1O[C@H](COC(=O)c2ccccc2)[C@H](OC(=O)c2ccccc2)[C@H]1OC(=O)c1ccccc1. The highest BCUT2D eigenvalue weighted by Gasteiger charge is 2.51. The Morgan fingerprint density at radius 3 is 1.64 bits per heavy atom. The number of rotatable bonds is 8. The molecule has 9 nitrogen and oxygen atoms in total. The third kappa shape index (κ3) is 7.18. The van der Waals surface area contributed by atoms with Crippen LogP contribution in [-0.2, 0) is 18.9 Å². The molecule has 0 aliphatic carbocycles. The molecular weight excluding hydrogens is 520 g/mol. The van der Waals surface area contributed by atoms with E-state index < -0.39 is 42.4 Å². The van der Waals surface area contributed by atoms with Crippen LogP contribution < -0.4 is 5.32 Å². The van der Waals surface area contributed by atoms with Crippen molar-refractivity contribution in [1.82, 2.24) is 10.2 Å². The summed E-state index contributed by atoms with van der Waals surface area (Å²) < 4.78 is 23.3. The average Bonchev–Trinajstić information content (AvgIpc) is 3.27. The molecule has 0 amide bonds. The minimum atomic E-state index is -1.13. The summed E-state index contributed by atoms with van der Waals surface area (Å²) in [6, 6.07) is 25.2. The molecule has 0 unspecified atom stereocenters. The highest BCUT2D eigenvalue weighted by molar-refractivity contribution is 7.80. The first-order valence-corrected chi connectivity index (χ1v) is 12.6. The molecule has 0 saturated carbocycles. The zero-order chi connectivity index (χ0) is 27.8. The van der Waals surface area contributed by atoms with Crippen molar-refractivity contribution < 1.29 is 33.3 Å². The number of benzene rings is 3. The number of hydrogen-bond acceptors (Lipinski definition) is 8. The largest absolute Gasteiger partial charge is 0.459 e. The molecule has 10 heteroatoms. The number of nitrogens with one attached hydrogen (secondary N) is 1. The van der Waals surface area contributed by atoms with Gasteiger partial charge in [-0.1, -0.05) is 54.6 Å². The highest BCUT2D eigenvalue weighted by atomic mass is 32.1. The highest BCUT2D eigenvalue weighted by Crippen LogP contribution is 2.28. The molecule has 3 aromatic carbocycles. The third-order valence-corrected chi connectivity index (χ3v) is 6.36. The Balaban J connectivity index is 1.61. The zero-order valence-corrected chi connectivity index (χ0v) is 22.2. The van der Waals surface area contributed by atoms with Gasteiger partial charge < -0.3 is 29.2 Å². The van der Waals surface area contributed by atoms with Gasteiger partial charge in [-0.15, -0.1) is 0 Å². The van der Waals surface area contributed by atoms with E-state index in [1.807, 2.05) is 0 Å². The summed E-state index contributed by atoms with van der Waals surface area (Å²) in [7, 11) is 3.47. The van der Waals surface area contributed by atoms with Crippen LogP contribution in [0.1, 0.15) is 31.1 Å². The van der Waals surface area contributed by atoms with Crippen LogP contribution >= 0.6 is 12.2 Å². The first-order valence-electron chi connectivity index (χ1n) is 12.2.